The molecule has 0 amide bonds. The number of ketones is 1. The van der Waals surface area contributed by atoms with Crippen molar-refractivity contribution in [1.29, 1.82) is 0 Å². The van der Waals surface area contributed by atoms with Crippen LogP contribution in [-0.2, 0) is 11.2 Å². The zero-order valence-corrected chi connectivity index (χ0v) is 14.3. The minimum Gasteiger partial charge on any atom is -0.361 e. The van der Waals surface area contributed by atoms with Gasteiger partial charge in [0.2, 0.25) is 0 Å². The topological polar surface area (TPSA) is 32.9 Å². The highest BCUT2D eigenvalue weighted by molar-refractivity contribution is 5.95. The van der Waals surface area contributed by atoms with E-state index in [1.165, 1.54) is 24.0 Å². The Kier molecular flexibility index (Phi) is 4.25. The summed E-state index contributed by atoms with van der Waals surface area (Å²) in [5.74, 6) is 0.163. The summed E-state index contributed by atoms with van der Waals surface area (Å²) in [6, 6.07) is 8.12. The molecule has 0 atom stereocenters. The number of para-hydroxylation sites is 1. The van der Waals surface area contributed by atoms with Gasteiger partial charge in [-0.2, -0.15) is 0 Å². The SMILES string of the molecule is CC1=C(/C=C/C(=O)Cc2c[nH]c3ccccc23)C(C)(C)CCC1. The van der Waals surface area contributed by atoms with Crippen molar-refractivity contribution < 1.29 is 4.79 Å². The van der Waals surface area contributed by atoms with Gasteiger partial charge in [-0.3, -0.25) is 4.79 Å². The summed E-state index contributed by atoms with van der Waals surface area (Å²) in [5.41, 5.74) is 5.11. The number of hydrogen-bond acceptors (Lipinski definition) is 1. The van der Waals surface area contributed by atoms with Crippen molar-refractivity contribution in [3.8, 4) is 0 Å². The molecule has 3 rings (SSSR count). The third-order valence-electron chi connectivity index (χ3n) is 5.02. The molecule has 0 saturated heterocycles. The second-order valence-electron chi connectivity index (χ2n) is 7.27. The lowest BCUT2D eigenvalue weighted by Crippen LogP contribution is -2.19. The molecule has 0 spiro atoms. The zero-order chi connectivity index (χ0) is 16.4. The summed E-state index contributed by atoms with van der Waals surface area (Å²) in [4.78, 5) is 15.6. The van der Waals surface area contributed by atoms with E-state index in [1.54, 1.807) is 6.08 Å². The molecule has 0 saturated carbocycles. The van der Waals surface area contributed by atoms with Gasteiger partial charge in [0.1, 0.15) is 0 Å². The number of rotatable bonds is 4. The Balaban J connectivity index is 1.77. The molecule has 1 N–H and O–H groups in total. The fourth-order valence-electron chi connectivity index (χ4n) is 3.71. The highest BCUT2D eigenvalue weighted by Crippen LogP contribution is 2.40. The highest BCUT2D eigenvalue weighted by atomic mass is 16.1. The van der Waals surface area contributed by atoms with E-state index in [0.29, 0.717) is 6.42 Å². The van der Waals surface area contributed by atoms with Crippen LogP contribution in [0.4, 0.5) is 0 Å². The quantitative estimate of drug-likeness (QED) is 0.758. The molecule has 0 aliphatic heterocycles. The van der Waals surface area contributed by atoms with Crippen LogP contribution in [0.25, 0.3) is 10.9 Å². The summed E-state index contributed by atoms with van der Waals surface area (Å²) < 4.78 is 0. The molecule has 2 heteroatoms. The van der Waals surface area contributed by atoms with Crippen LogP contribution < -0.4 is 0 Å². The number of H-pyrrole nitrogens is 1. The summed E-state index contributed by atoms with van der Waals surface area (Å²) in [7, 11) is 0. The van der Waals surface area contributed by atoms with Gasteiger partial charge < -0.3 is 4.98 Å². The van der Waals surface area contributed by atoms with Crippen LogP contribution in [0, 0.1) is 5.41 Å². The van der Waals surface area contributed by atoms with Crippen LogP contribution in [0.5, 0.6) is 0 Å². The van der Waals surface area contributed by atoms with E-state index in [-0.39, 0.29) is 11.2 Å². The third-order valence-corrected chi connectivity index (χ3v) is 5.02. The largest absolute Gasteiger partial charge is 0.361 e. The molecule has 1 aliphatic rings. The number of hydrogen-bond donors (Lipinski definition) is 1. The fourth-order valence-corrected chi connectivity index (χ4v) is 3.71. The van der Waals surface area contributed by atoms with Crippen molar-refractivity contribution in [2.45, 2.75) is 46.5 Å². The number of carbonyl (C=O) groups is 1. The number of fused-ring (bicyclic) bond motifs is 1. The van der Waals surface area contributed by atoms with Gasteiger partial charge in [0.25, 0.3) is 0 Å². The van der Waals surface area contributed by atoms with Gasteiger partial charge in [0, 0.05) is 23.5 Å². The average Bonchev–Trinajstić information content (AvgIpc) is 2.89. The molecular weight excluding hydrogens is 282 g/mol. The lowest BCUT2D eigenvalue weighted by Gasteiger charge is -2.32. The number of benzene rings is 1. The third kappa shape index (κ3) is 3.31. The van der Waals surface area contributed by atoms with Gasteiger partial charge in [0.15, 0.2) is 5.78 Å². The van der Waals surface area contributed by atoms with Gasteiger partial charge in [0.05, 0.1) is 0 Å². The number of carbonyl (C=O) groups excluding carboxylic acids is 1. The molecular formula is C21H25NO. The van der Waals surface area contributed by atoms with E-state index in [0.717, 1.165) is 22.9 Å². The van der Waals surface area contributed by atoms with Crippen LogP contribution in [0.2, 0.25) is 0 Å². The molecule has 2 aromatic rings. The van der Waals surface area contributed by atoms with Crippen molar-refractivity contribution in [3.63, 3.8) is 0 Å². The Labute approximate surface area is 138 Å². The molecule has 120 valence electrons. The van der Waals surface area contributed by atoms with Crippen LogP contribution >= 0.6 is 0 Å². The first-order chi connectivity index (χ1) is 11.0. The van der Waals surface area contributed by atoms with Gasteiger partial charge in [-0.25, -0.2) is 0 Å². The lowest BCUT2D eigenvalue weighted by atomic mass is 9.72. The Bertz CT molecular complexity index is 789. The second kappa shape index (κ2) is 6.19. The first kappa shape index (κ1) is 15.8. The molecule has 2 nitrogen and oxygen atoms in total. The fraction of sp³-hybridized carbons (Fsp3) is 0.381. The predicted octanol–water partition coefficient (Wildman–Crippen LogP) is 5.36. The zero-order valence-electron chi connectivity index (χ0n) is 14.3. The molecule has 0 fully saturated rings. The number of aromatic amines is 1. The second-order valence-corrected chi connectivity index (χ2v) is 7.27. The maximum atomic E-state index is 12.4. The van der Waals surface area contributed by atoms with E-state index < -0.39 is 0 Å². The summed E-state index contributed by atoms with van der Waals surface area (Å²) in [6.07, 6.45) is 9.83. The maximum Gasteiger partial charge on any atom is 0.160 e. The van der Waals surface area contributed by atoms with Gasteiger partial charge >= 0.3 is 0 Å². The Morgan fingerprint density at radius 1 is 1.30 bits per heavy atom. The van der Waals surface area contributed by atoms with Crippen LogP contribution in [0.1, 0.15) is 45.6 Å². The van der Waals surface area contributed by atoms with Crippen molar-refractivity contribution in [1.82, 2.24) is 4.98 Å². The molecule has 1 aliphatic carbocycles. The van der Waals surface area contributed by atoms with Crippen molar-refractivity contribution >= 4 is 16.7 Å². The summed E-state index contributed by atoms with van der Waals surface area (Å²) in [6.45, 7) is 6.75. The molecule has 0 bridgehead atoms. The average molecular weight is 307 g/mol. The lowest BCUT2D eigenvalue weighted by molar-refractivity contribution is -0.114. The van der Waals surface area contributed by atoms with Gasteiger partial charge in [-0.1, -0.05) is 43.7 Å². The molecule has 1 heterocycles. The highest BCUT2D eigenvalue weighted by Gasteiger charge is 2.26. The minimum atomic E-state index is 0.163. The van der Waals surface area contributed by atoms with Crippen LogP contribution in [-0.4, -0.2) is 10.8 Å². The standard InChI is InChI=1S/C21H25NO/c1-15-7-6-12-21(2,3)19(15)11-10-17(23)13-16-14-22-20-9-5-4-8-18(16)20/h4-5,8-11,14,22H,6-7,12-13H2,1-3H3/b11-10+. The molecule has 1 aromatic heterocycles. The van der Waals surface area contributed by atoms with Crippen molar-refractivity contribution in [2.24, 2.45) is 5.41 Å². The number of allylic oxidation sites excluding steroid dienone is 4. The number of aromatic nitrogens is 1. The predicted molar refractivity (Wildman–Crippen MR) is 96.5 cm³/mol. The molecule has 23 heavy (non-hydrogen) atoms. The smallest absolute Gasteiger partial charge is 0.160 e. The summed E-state index contributed by atoms with van der Waals surface area (Å²) in [5, 5.41) is 1.14. The van der Waals surface area contributed by atoms with Crippen molar-refractivity contribution in [3.05, 3.63) is 59.3 Å². The van der Waals surface area contributed by atoms with Crippen LogP contribution in [0.15, 0.2) is 53.8 Å². The minimum absolute atomic E-state index is 0.163. The van der Waals surface area contributed by atoms with Crippen molar-refractivity contribution in [2.75, 3.05) is 0 Å². The van der Waals surface area contributed by atoms with E-state index in [9.17, 15) is 4.79 Å². The van der Waals surface area contributed by atoms with Gasteiger partial charge in [-0.15, -0.1) is 0 Å². The Hall–Kier alpha value is -2.09. The normalized spacial score (nSPS) is 18.0. The van der Waals surface area contributed by atoms with E-state index in [2.05, 4.69) is 37.9 Å². The first-order valence-corrected chi connectivity index (χ1v) is 8.43. The maximum absolute atomic E-state index is 12.4. The number of nitrogens with one attached hydrogen (secondary N) is 1. The Morgan fingerprint density at radius 2 is 2.09 bits per heavy atom. The Morgan fingerprint density at radius 3 is 2.87 bits per heavy atom. The van der Waals surface area contributed by atoms with E-state index in [4.69, 9.17) is 0 Å². The molecule has 1 aromatic carbocycles. The first-order valence-electron chi connectivity index (χ1n) is 8.43. The monoisotopic (exact) mass is 307 g/mol. The van der Waals surface area contributed by atoms with Crippen LogP contribution in [0.3, 0.4) is 0 Å². The van der Waals surface area contributed by atoms with E-state index >= 15 is 0 Å². The molecule has 0 unspecified atom stereocenters. The van der Waals surface area contributed by atoms with Gasteiger partial charge in [-0.05, 0) is 54.9 Å². The van der Waals surface area contributed by atoms with E-state index in [1.807, 2.05) is 24.4 Å². The molecule has 0 radical (unpaired) electrons. The summed E-state index contributed by atoms with van der Waals surface area (Å²) >= 11 is 0.